The van der Waals surface area contributed by atoms with Gasteiger partial charge in [-0.2, -0.15) is 0 Å². The summed E-state index contributed by atoms with van der Waals surface area (Å²) in [6.07, 6.45) is -0.0270. The Bertz CT molecular complexity index is 768. The first-order valence-corrected chi connectivity index (χ1v) is 9.13. The third kappa shape index (κ3) is 7.84. The van der Waals surface area contributed by atoms with E-state index in [1.165, 1.54) is 5.56 Å². The smallest absolute Gasteiger partial charge is 0.191 e. The number of aromatic hydroxyl groups is 1. The van der Waals surface area contributed by atoms with Crippen molar-refractivity contribution in [3.63, 3.8) is 0 Å². The molecule has 6 nitrogen and oxygen atoms in total. The Kier molecular flexibility index (Phi) is 10.5. The molecule has 1 atom stereocenters. The normalized spacial score (nSPS) is 11.9. The van der Waals surface area contributed by atoms with Crippen LogP contribution in [0.1, 0.15) is 25.0 Å². The Hall–Kier alpha value is -2.16. The first kappa shape index (κ1) is 23.9. The number of aliphatic imine (C=N–C) groups is 1. The summed E-state index contributed by atoms with van der Waals surface area (Å²) in [7, 11) is 1.60. The highest BCUT2D eigenvalue weighted by Crippen LogP contribution is 2.23. The second-order valence-electron chi connectivity index (χ2n) is 6.32. The highest BCUT2D eigenvalue weighted by atomic mass is 127. The molecule has 2 rings (SSSR count). The molecule has 3 N–H and O–H groups in total. The van der Waals surface area contributed by atoms with E-state index in [0.717, 1.165) is 12.3 Å². The van der Waals surface area contributed by atoms with Gasteiger partial charge in [0.1, 0.15) is 23.4 Å². The lowest BCUT2D eigenvalue weighted by Gasteiger charge is -2.18. The zero-order valence-electron chi connectivity index (χ0n) is 16.9. The minimum absolute atomic E-state index is 0. The van der Waals surface area contributed by atoms with Gasteiger partial charge in [0.15, 0.2) is 5.96 Å². The van der Waals surface area contributed by atoms with Crippen LogP contribution in [0.15, 0.2) is 47.5 Å². The average molecular weight is 499 g/mol. The quantitative estimate of drug-likeness (QED) is 0.292. The van der Waals surface area contributed by atoms with E-state index in [9.17, 15) is 5.11 Å². The zero-order chi connectivity index (χ0) is 19.6. The lowest BCUT2D eigenvalue weighted by molar-refractivity contribution is 0.223. The number of aryl methyl sites for hydroxylation is 1. The van der Waals surface area contributed by atoms with Gasteiger partial charge in [0.2, 0.25) is 0 Å². The monoisotopic (exact) mass is 499 g/mol. The molecule has 0 aromatic heterocycles. The van der Waals surface area contributed by atoms with E-state index in [4.69, 9.17) is 9.47 Å². The van der Waals surface area contributed by atoms with E-state index in [1.54, 1.807) is 25.3 Å². The molecule has 154 valence electrons. The Morgan fingerprint density at radius 1 is 1.14 bits per heavy atom. The van der Waals surface area contributed by atoms with Crippen LogP contribution in [0.4, 0.5) is 0 Å². The van der Waals surface area contributed by atoms with Crippen molar-refractivity contribution in [1.82, 2.24) is 10.6 Å². The molecule has 0 bridgehead atoms. The third-order valence-corrected chi connectivity index (χ3v) is 3.92. The van der Waals surface area contributed by atoms with Crippen molar-refractivity contribution in [2.45, 2.75) is 33.4 Å². The molecule has 0 saturated carbocycles. The SMILES string of the molecule is CCNC(=NCc1cc(OC)ccc1O)NCC(C)Oc1cccc(C)c1.I. The van der Waals surface area contributed by atoms with Crippen molar-refractivity contribution in [1.29, 1.82) is 0 Å². The van der Waals surface area contributed by atoms with Crippen LogP contribution in [0, 0.1) is 6.92 Å². The minimum atomic E-state index is -0.0270. The predicted molar refractivity (Wildman–Crippen MR) is 124 cm³/mol. The van der Waals surface area contributed by atoms with Crippen LogP contribution in [0.3, 0.4) is 0 Å². The largest absolute Gasteiger partial charge is 0.508 e. The van der Waals surface area contributed by atoms with E-state index in [1.807, 2.05) is 45.0 Å². The Morgan fingerprint density at radius 2 is 1.93 bits per heavy atom. The van der Waals surface area contributed by atoms with Gasteiger partial charge < -0.3 is 25.2 Å². The predicted octanol–water partition coefficient (Wildman–Crippen LogP) is 3.85. The molecule has 28 heavy (non-hydrogen) atoms. The number of rotatable bonds is 8. The summed E-state index contributed by atoms with van der Waals surface area (Å²) in [5, 5.41) is 16.5. The summed E-state index contributed by atoms with van der Waals surface area (Å²) in [6.45, 7) is 7.73. The number of methoxy groups -OCH3 is 1. The van der Waals surface area contributed by atoms with Crippen molar-refractivity contribution in [2.24, 2.45) is 4.99 Å². The van der Waals surface area contributed by atoms with E-state index < -0.39 is 0 Å². The second kappa shape index (κ2) is 12.3. The van der Waals surface area contributed by atoms with Gasteiger partial charge in [-0.05, 0) is 56.7 Å². The zero-order valence-corrected chi connectivity index (χ0v) is 19.2. The van der Waals surface area contributed by atoms with Crippen LogP contribution in [0.5, 0.6) is 17.2 Å². The number of halogens is 1. The van der Waals surface area contributed by atoms with Gasteiger partial charge in [-0.15, -0.1) is 24.0 Å². The number of phenolic OH excluding ortho intramolecular Hbond substituents is 1. The maximum absolute atomic E-state index is 9.99. The van der Waals surface area contributed by atoms with Crippen molar-refractivity contribution < 1.29 is 14.6 Å². The van der Waals surface area contributed by atoms with Crippen LogP contribution in [-0.2, 0) is 6.54 Å². The highest BCUT2D eigenvalue weighted by Gasteiger charge is 2.07. The molecule has 0 fully saturated rings. The average Bonchev–Trinajstić information content (AvgIpc) is 2.65. The summed E-state index contributed by atoms with van der Waals surface area (Å²) < 4.78 is 11.1. The standard InChI is InChI=1S/C21H29N3O3.HI/c1-5-22-21(24-14-17-12-18(26-4)9-10-20(17)25)23-13-16(3)27-19-8-6-7-15(2)11-19;/h6-12,16,25H,5,13-14H2,1-4H3,(H2,22,23,24);1H. The Morgan fingerprint density at radius 3 is 2.61 bits per heavy atom. The maximum atomic E-state index is 9.99. The molecule has 2 aromatic rings. The summed E-state index contributed by atoms with van der Waals surface area (Å²) in [5.41, 5.74) is 1.87. The fraction of sp³-hybridized carbons (Fsp3) is 0.381. The molecule has 0 aliphatic rings. The molecule has 2 aromatic carbocycles. The summed E-state index contributed by atoms with van der Waals surface area (Å²) in [5.74, 6) is 2.41. The molecule has 0 aliphatic carbocycles. The molecule has 0 spiro atoms. The number of hydrogen-bond acceptors (Lipinski definition) is 4. The molecular formula is C21H30IN3O3. The highest BCUT2D eigenvalue weighted by molar-refractivity contribution is 14.0. The number of benzene rings is 2. The maximum Gasteiger partial charge on any atom is 0.191 e. The lowest BCUT2D eigenvalue weighted by atomic mass is 10.2. The van der Waals surface area contributed by atoms with Gasteiger partial charge >= 0.3 is 0 Å². The molecule has 0 saturated heterocycles. The molecule has 1 unspecified atom stereocenters. The van der Waals surface area contributed by atoms with Gasteiger partial charge in [-0.3, -0.25) is 0 Å². The van der Waals surface area contributed by atoms with Gasteiger partial charge in [0.05, 0.1) is 20.2 Å². The fourth-order valence-corrected chi connectivity index (χ4v) is 2.52. The van der Waals surface area contributed by atoms with E-state index in [-0.39, 0.29) is 35.8 Å². The Balaban J connectivity index is 0.00000392. The number of hydrogen-bond donors (Lipinski definition) is 3. The van der Waals surface area contributed by atoms with Crippen LogP contribution in [-0.4, -0.2) is 37.4 Å². The van der Waals surface area contributed by atoms with E-state index in [2.05, 4.69) is 15.6 Å². The fourth-order valence-electron chi connectivity index (χ4n) is 2.52. The molecule has 0 aliphatic heterocycles. The van der Waals surface area contributed by atoms with Crippen LogP contribution < -0.4 is 20.1 Å². The number of phenols is 1. The molecule has 0 radical (unpaired) electrons. The number of nitrogens with one attached hydrogen (secondary N) is 2. The summed E-state index contributed by atoms with van der Waals surface area (Å²) in [4.78, 5) is 4.54. The second-order valence-corrected chi connectivity index (χ2v) is 6.32. The van der Waals surface area contributed by atoms with Crippen LogP contribution in [0.25, 0.3) is 0 Å². The minimum Gasteiger partial charge on any atom is -0.508 e. The molecule has 0 amide bonds. The van der Waals surface area contributed by atoms with Gasteiger partial charge in [-0.25, -0.2) is 4.99 Å². The number of ether oxygens (including phenoxy) is 2. The van der Waals surface area contributed by atoms with Gasteiger partial charge in [0, 0.05) is 12.1 Å². The summed E-state index contributed by atoms with van der Waals surface area (Å²) >= 11 is 0. The van der Waals surface area contributed by atoms with Crippen LogP contribution in [0.2, 0.25) is 0 Å². The van der Waals surface area contributed by atoms with E-state index in [0.29, 0.717) is 30.4 Å². The third-order valence-electron chi connectivity index (χ3n) is 3.92. The molecular weight excluding hydrogens is 469 g/mol. The first-order chi connectivity index (χ1) is 13.0. The van der Waals surface area contributed by atoms with Crippen molar-refractivity contribution >= 4 is 29.9 Å². The van der Waals surface area contributed by atoms with Gasteiger partial charge in [0.25, 0.3) is 0 Å². The summed E-state index contributed by atoms with van der Waals surface area (Å²) in [6, 6.07) is 13.1. The lowest BCUT2D eigenvalue weighted by Crippen LogP contribution is -2.41. The van der Waals surface area contributed by atoms with Crippen LogP contribution >= 0.6 is 24.0 Å². The van der Waals surface area contributed by atoms with E-state index >= 15 is 0 Å². The Labute approximate surface area is 184 Å². The van der Waals surface area contributed by atoms with Crippen molar-refractivity contribution in [2.75, 3.05) is 20.2 Å². The topological polar surface area (TPSA) is 75.1 Å². The number of guanidine groups is 1. The number of nitrogens with zero attached hydrogens (tertiary/aromatic N) is 1. The first-order valence-electron chi connectivity index (χ1n) is 9.13. The molecule has 0 heterocycles. The van der Waals surface area contributed by atoms with Crippen molar-refractivity contribution in [3.8, 4) is 17.2 Å². The molecule has 7 heteroatoms. The van der Waals surface area contributed by atoms with Gasteiger partial charge in [-0.1, -0.05) is 12.1 Å². The van der Waals surface area contributed by atoms with Crippen molar-refractivity contribution in [3.05, 3.63) is 53.6 Å².